The van der Waals surface area contributed by atoms with Gasteiger partial charge in [-0.2, -0.15) is 0 Å². The monoisotopic (exact) mass is 357 g/mol. The van der Waals surface area contributed by atoms with E-state index in [-0.39, 0.29) is 11.7 Å². The molecule has 1 aromatic heterocycles. The highest BCUT2D eigenvalue weighted by Gasteiger charge is 2.30. The fraction of sp³-hybridized carbons (Fsp3) is 0.600. The molecule has 2 fully saturated rings. The average molecular weight is 357 g/mol. The molecule has 0 aliphatic carbocycles. The van der Waals surface area contributed by atoms with Crippen molar-refractivity contribution in [1.82, 2.24) is 14.4 Å². The molecule has 3 heterocycles. The van der Waals surface area contributed by atoms with Gasteiger partial charge in [-0.15, -0.1) is 0 Å². The molecule has 2 aliphatic heterocycles. The largest absolute Gasteiger partial charge is 0.421 e. The number of aromatic nitrogens is 1. The molecule has 2 aliphatic rings. The van der Waals surface area contributed by atoms with Crippen LogP contribution in [0.5, 0.6) is 0 Å². The van der Waals surface area contributed by atoms with E-state index in [9.17, 15) is 9.59 Å². The molecule has 0 radical (unpaired) electrons. The first-order valence-electron chi connectivity index (χ1n) is 9.71. The summed E-state index contributed by atoms with van der Waals surface area (Å²) >= 11 is 0. The molecule has 26 heavy (non-hydrogen) atoms. The van der Waals surface area contributed by atoms with Crippen LogP contribution in [0.4, 0.5) is 0 Å². The molecule has 0 unspecified atom stereocenters. The standard InChI is InChI=1S/C20H27N3O3/c1-15-5-4-10-22(13-15)19(24)16-8-11-21(12-9-16)14-23-17-6-2-3-7-18(17)26-20(23)25/h2-3,6-7,15-16H,4-5,8-14H2,1H3/t15-/m0/s1. The van der Waals surface area contributed by atoms with Crippen molar-refractivity contribution in [3.05, 3.63) is 34.8 Å². The molecular weight excluding hydrogens is 330 g/mol. The molecule has 0 bridgehead atoms. The molecule has 0 N–H and O–H groups in total. The molecule has 0 saturated carbocycles. The first kappa shape index (κ1) is 17.3. The van der Waals surface area contributed by atoms with E-state index in [2.05, 4.69) is 16.7 Å². The maximum atomic E-state index is 12.8. The topological polar surface area (TPSA) is 58.7 Å². The van der Waals surface area contributed by atoms with Crippen LogP contribution in [0.1, 0.15) is 32.6 Å². The van der Waals surface area contributed by atoms with Gasteiger partial charge in [0.25, 0.3) is 0 Å². The predicted molar refractivity (Wildman–Crippen MR) is 99.7 cm³/mol. The van der Waals surface area contributed by atoms with Crippen LogP contribution in [-0.2, 0) is 11.5 Å². The van der Waals surface area contributed by atoms with Gasteiger partial charge in [-0.3, -0.25) is 14.3 Å². The Hall–Kier alpha value is -2.08. The lowest BCUT2D eigenvalue weighted by Crippen LogP contribution is -2.46. The Labute approximate surface area is 153 Å². The molecule has 6 nitrogen and oxygen atoms in total. The summed E-state index contributed by atoms with van der Waals surface area (Å²) in [6.45, 7) is 6.26. The smallest absolute Gasteiger partial charge is 0.408 e. The number of hydrogen-bond donors (Lipinski definition) is 0. The number of nitrogens with zero attached hydrogens (tertiary/aromatic N) is 3. The van der Waals surface area contributed by atoms with Gasteiger partial charge < -0.3 is 9.32 Å². The van der Waals surface area contributed by atoms with Crippen LogP contribution in [-0.4, -0.2) is 46.5 Å². The third kappa shape index (κ3) is 3.43. The fourth-order valence-electron chi connectivity index (χ4n) is 4.32. The summed E-state index contributed by atoms with van der Waals surface area (Å²) in [6, 6.07) is 7.51. The minimum Gasteiger partial charge on any atom is -0.408 e. The molecule has 1 aromatic carbocycles. The van der Waals surface area contributed by atoms with Crippen molar-refractivity contribution < 1.29 is 9.21 Å². The minimum atomic E-state index is -0.313. The molecule has 1 amide bonds. The number of para-hydroxylation sites is 2. The van der Waals surface area contributed by atoms with E-state index in [1.807, 2.05) is 24.3 Å². The number of oxazole rings is 1. The Kier molecular flexibility index (Phi) is 4.85. The lowest BCUT2D eigenvalue weighted by Gasteiger charge is -2.37. The quantitative estimate of drug-likeness (QED) is 0.847. The second-order valence-corrected chi connectivity index (χ2v) is 7.83. The van der Waals surface area contributed by atoms with E-state index < -0.39 is 0 Å². The van der Waals surface area contributed by atoms with Crippen LogP contribution in [0.3, 0.4) is 0 Å². The maximum Gasteiger partial charge on any atom is 0.421 e. The Morgan fingerprint density at radius 2 is 1.92 bits per heavy atom. The van der Waals surface area contributed by atoms with Crippen LogP contribution in [0.15, 0.2) is 33.5 Å². The second kappa shape index (κ2) is 7.27. The molecule has 1 atom stereocenters. The van der Waals surface area contributed by atoms with E-state index in [1.54, 1.807) is 4.57 Å². The normalized spacial score (nSPS) is 22.8. The highest BCUT2D eigenvalue weighted by atomic mass is 16.4. The third-order valence-corrected chi connectivity index (χ3v) is 5.82. The van der Waals surface area contributed by atoms with E-state index in [4.69, 9.17) is 4.42 Å². The minimum absolute atomic E-state index is 0.134. The molecule has 0 spiro atoms. The van der Waals surface area contributed by atoms with Gasteiger partial charge in [-0.1, -0.05) is 19.1 Å². The Bertz CT molecular complexity index is 832. The summed E-state index contributed by atoms with van der Waals surface area (Å²) < 4.78 is 6.99. The van der Waals surface area contributed by atoms with Gasteiger partial charge in [0, 0.05) is 32.1 Å². The zero-order valence-electron chi connectivity index (χ0n) is 15.4. The van der Waals surface area contributed by atoms with Gasteiger partial charge in [0.2, 0.25) is 5.91 Å². The summed E-state index contributed by atoms with van der Waals surface area (Å²) in [5.41, 5.74) is 1.46. The molecule has 2 aromatic rings. The molecular formula is C20H27N3O3. The first-order valence-corrected chi connectivity index (χ1v) is 9.71. The van der Waals surface area contributed by atoms with Crippen LogP contribution in [0, 0.1) is 11.8 Å². The number of piperidine rings is 2. The summed E-state index contributed by atoms with van der Waals surface area (Å²) in [4.78, 5) is 29.2. The van der Waals surface area contributed by atoms with E-state index >= 15 is 0 Å². The van der Waals surface area contributed by atoms with Gasteiger partial charge in [0.15, 0.2) is 5.58 Å². The van der Waals surface area contributed by atoms with Crippen molar-refractivity contribution in [3.63, 3.8) is 0 Å². The van der Waals surface area contributed by atoms with E-state index in [0.29, 0.717) is 24.1 Å². The van der Waals surface area contributed by atoms with Crippen molar-refractivity contribution >= 4 is 17.0 Å². The Morgan fingerprint density at radius 1 is 1.15 bits per heavy atom. The molecule has 2 saturated heterocycles. The zero-order chi connectivity index (χ0) is 18.1. The predicted octanol–water partition coefficient (Wildman–Crippen LogP) is 2.52. The van der Waals surface area contributed by atoms with Gasteiger partial charge in [0.05, 0.1) is 12.2 Å². The molecule has 6 heteroatoms. The number of hydrogen-bond acceptors (Lipinski definition) is 4. The van der Waals surface area contributed by atoms with Gasteiger partial charge in [-0.05, 0) is 43.7 Å². The van der Waals surface area contributed by atoms with Crippen molar-refractivity contribution in [2.45, 2.75) is 39.3 Å². The first-order chi connectivity index (χ1) is 12.6. The van der Waals surface area contributed by atoms with Gasteiger partial charge >= 0.3 is 5.76 Å². The fourth-order valence-corrected chi connectivity index (χ4v) is 4.32. The Balaban J connectivity index is 1.37. The SMILES string of the molecule is C[C@H]1CCCN(C(=O)C2CCN(Cn3c(=O)oc4ccccc43)CC2)C1. The van der Waals surface area contributed by atoms with Crippen molar-refractivity contribution in [2.75, 3.05) is 26.2 Å². The van der Waals surface area contributed by atoms with Crippen molar-refractivity contribution in [1.29, 1.82) is 0 Å². The van der Waals surface area contributed by atoms with Crippen LogP contribution >= 0.6 is 0 Å². The number of carbonyl (C=O) groups excluding carboxylic acids is 1. The summed E-state index contributed by atoms with van der Waals surface area (Å²) in [5.74, 6) is 0.775. The number of amides is 1. The lowest BCUT2D eigenvalue weighted by atomic mass is 9.93. The van der Waals surface area contributed by atoms with E-state index in [1.165, 1.54) is 6.42 Å². The number of rotatable bonds is 3. The summed E-state index contributed by atoms with van der Waals surface area (Å²) in [7, 11) is 0. The van der Waals surface area contributed by atoms with Crippen molar-refractivity contribution in [2.24, 2.45) is 11.8 Å². The Morgan fingerprint density at radius 3 is 2.69 bits per heavy atom. The van der Waals surface area contributed by atoms with Crippen LogP contribution in [0.2, 0.25) is 0 Å². The maximum absolute atomic E-state index is 12.8. The lowest BCUT2D eigenvalue weighted by molar-refractivity contribution is -0.139. The highest BCUT2D eigenvalue weighted by Crippen LogP contribution is 2.24. The number of benzene rings is 1. The van der Waals surface area contributed by atoms with Crippen LogP contribution < -0.4 is 5.76 Å². The average Bonchev–Trinajstić information content (AvgIpc) is 2.97. The third-order valence-electron chi connectivity index (χ3n) is 5.82. The number of carbonyl (C=O) groups is 1. The van der Waals surface area contributed by atoms with Crippen LogP contribution in [0.25, 0.3) is 11.1 Å². The number of likely N-dealkylation sites (tertiary alicyclic amines) is 2. The van der Waals surface area contributed by atoms with Gasteiger partial charge in [-0.25, -0.2) is 4.79 Å². The number of fused-ring (bicyclic) bond motifs is 1. The molecule has 140 valence electrons. The van der Waals surface area contributed by atoms with Crippen molar-refractivity contribution in [3.8, 4) is 0 Å². The summed E-state index contributed by atoms with van der Waals surface area (Å²) in [5, 5.41) is 0. The van der Waals surface area contributed by atoms with E-state index in [0.717, 1.165) is 51.0 Å². The second-order valence-electron chi connectivity index (χ2n) is 7.83. The highest BCUT2D eigenvalue weighted by molar-refractivity contribution is 5.79. The summed E-state index contributed by atoms with van der Waals surface area (Å²) in [6.07, 6.45) is 4.10. The molecule has 4 rings (SSSR count). The zero-order valence-corrected chi connectivity index (χ0v) is 15.4. The van der Waals surface area contributed by atoms with Gasteiger partial charge in [0.1, 0.15) is 0 Å².